The van der Waals surface area contributed by atoms with Crippen LogP contribution >= 0.6 is 0 Å². The van der Waals surface area contributed by atoms with Crippen molar-refractivity contribution in [2.45, 2.75) is 57.5 Å². The van der Waals surface area contributed by atoms with E-state index in [0.29, 0.717) is 0 Å². The first-order valence-electron chi connectivity index (χ1n) is 7.77. The number of anilines is 1. The third kappa shape index (κ3) is 2.48. The minimum absolute atomic E-state index is 0.0788. The number of fused-ring (bicyclic) bond motifs is 1. The van der Waals surface area contributed by atoms with Gasteiger partial charge in [0.15, 0.2) is 0 Å². The van der Waals surface area contributed by atoms with Gasteiger partial charge in [-0.25, -0.2) is 0 Å². The lowest BCUT2D eigenvalue weighted by Gasteiger charge is -2.33. The first kappa shape index (κ1) is 12.9. The second kappa shape index (κ2) is 5.49. The number of rotatable bonds is 3. The van der Waals surface area contributed by atoms with E-state index in [-0.39, 0.29) is 6.04 Å². The highest BCUT2D eigenvalue weighted by Crippen LogP contribution is 2.38. The van der Waals surface area contributed by atoms with Crippen LogP contribution in [0.1, 0.15) is 57.2 Å². The molecule has 1 aromatic rings. The van der Waals surface area contributed by atoms with Gasteiger partial charge in [-0.3, -0.25) is 4.98 Å². The zero-order chi connectivity index (χ0) is 13.2. The summed E-state index contributed by atoms with van der Waals surface area (Å²) in [6.07, 6.45) is 9.94. The van der Waals surface area contributed by atoms with Crippen LogP contribution in [0.4, 0.5) is 5.69 Å². The highest BCUT2D eigenvalue weighted by atomic mass is 15.2. The molecule has 0 radical (unpaired) electrons. The van der Waals surface area contributed by atoms with Crippen LogP contribution in [0.25, 0.3) is 0 Å². The summed E-state index contributed by atoms with van der Waals surface area (Å²) in [6.45, 7) is 3.31. The fourth-order valence-corrected chi connectivity index (χ4v) is 3.72. The van der Waals surface area contributed by atoms with E-state index in [0.717, 1.165) is 24.1 Å². The molecule has 0 aromatic carbocycles. The molecule has 3 rings (SSSR count). The Bertz CT molecular complexity index is 415. The summed E-state index contributed by atoms with van der Waals surface area (Å²) in [4.78, 5) is 7.15. The smallest absolute Gasteiger partial charge is 0.0572 e. The molecule has 2 N–H and O–H groups in total. The molecule has 3 nitrogen and oxygen atoms in total. The van der Waals surface area contributed by atoms with Crippen LogP contribution < -0.4 is 10.6 Å². The quantitative estimate of drug-likeness (QED) is 0.906. The maximum atomic E-state index is 6.03. The summed E-state index contributed by atoms with van der Waals surface area (Å²) in [5, 5.41) is 0. The fraction of sp³-hybridized carbons (Fsp3) is 0.688. The van der Waals surface area contributed by atoms with Gasteiger partial charge in [0, 0.05) is 18.6 Å². The molecule has 104 valence electrons. The minimum Gasteiger partial charge on any atom is -0.367 e. The van der Waals surface area contributed by atoms with Crippen molar-refractivity contribution in [3.8, 4) is 0 Å². The lowest BCUT2D eigenvalue weighted by molar-refractivity contribution is 0.342. The first-order valence-corrected chi connectivity index (χ1v) is 7.77. The zero-order valence-electron chi connectivity index (χ0n) is 11.9. The summed E-state index contributed by atoms with van der Waals surface area (Å²) >= 11 is 0. The Morgan fingerprint density at radius 2 is 2.16 bits per heavy atom. The van der Waals surface area contributed by atoms with Crippen molar-refractivity contribution in [1.29, 1.82) is 0 Å². The summed E-state index contributed by atoms with van der Waals surface area (Å²) in [7, 11) is 0. The van der Waals surface area contributed by atoms with Gasteiger partial charge in [0.05, 0.1) is 17.6 Å². The molecule has 1 aliphatic heterocycles. The van der Waals surface area contributed by atoms with Crippen molar-refractivity contribution in [3.05, 3.63) is 24.0 Å². The zero-order valence-corrected chi connectivity index (χ0v) is 11.9. The van der Waals surface area contributed by atoms with Gasteiger partial charge < -0.3 is 10.6 Å². The molecule has 0 bridgehead atoms. The van der Waals surface area contributed by atoms with Gasteiger partial charge in [-0.15, -0.1) is 0 Å². The van der Waals surface area contributed by atoms with E-state index < -0.39 is 0 Å². The van der Waals surface area contributed by atoms with E-state index in [1.165, 1.54) is 44.3 Å². The predicted octanol–water partition coefficient (Wildman–Crippen LogP) is 3.26. The van der Waals surface area contributed by atoms with Crippen LogP contribution in [0.15, 0.2) is 18.3 Å². The van der Waals surface area contributed by atoms with E-state index in [1.807, 2.05) is 6.20 Å². The van der Waals surface area contributed by atoms with Crippen LogP contribution in [0.2, 0.25) is 0 Å². The monoisotopic (exact) mass is 259 g/mol. The average Bonchev–Trinajstić information content (AvgIpc) is 2.90. The van der Waals surface area contributed by atoms with Gasteiger partial charge in [0.25, 0.3) is 0 Å². The maximum absolute atomic E-state index is 6.03. The lowest BCUT2D eigenvalue weighted by Crippen LogP contribution is -2.34. The van der Waals surface area contributed by atoms with E-state index in [4.69, 9.17) is 5.73 Å². The number of hydrogen-bond acceptors (Lipinski definition) is 3. The van der Waals surface area contributed by atoms with Crippen LogP contribution in [-0.4, -0.2) is 17.6 Å². The van der Waals surface area contributed by atoms with Crippen molar-refractivity contribution in [3.63, 3.8) is 0 Å². The third-order valence-corrected chi connectivity index (χ3v) is 4.93. The molecule has 2 aliphatic rings. The Morgan fingerprint density at radius 3 is 2.89 bits per heavy atom. The van der Waals surface area contributed by atoms with Crippen LogP contribution in [0, 0.1) is 5.92 Å². The fourth-order valence-electron chi connectivity index (χ4n) is 3.72. The number of nitrogens with two attached hydrogens (primary N) is 1. The molecule has 2 unspecified atom stereocenters. The Hall–Kier alpha value is -1.09. The van der Waals surface area contributed by atoms with Gasteiger partial charge in [-0.2, -0.15) is 0 Å². The van der Waals surface area contributed by atoms with Crippen molar-refractivity contribution in [2.75, 3.05) is 11.4 Å². The molecule has 1 aliphatic carbocycles. The molecule has 1 aromatic heterocycles. The number of hydrogen-bond donors (Lipinski definition) is 1. The number of aromatic nitrogens is 1. The number of nitrogens with zero attached hydrogens (tertiary/aromatic N) is 2. The Kier molecular flexibility index (Phi) is 3.74. The standard InChI is InChI=1S/C16H25N3/c1-2-14(17)15-8-7-13(11-18-15)19-10-9-12-5-3-4-6-16(12)19/h7-8,11-12,14,16H,2-6,9-10,17H2,1H3/t12?,14-,16?/m1/s1. The normalized spacial score (nSPS) is 28.2. The van der Waals surface area contributed by atoms with Gasteiger partial charge in [0.2, 0.25) is 0 Å². The molecule has 1 saturated carbocycles. The molecule has 1 saturated heterocycles. The average molecular weight is 259 g/mol. The van der Waals surface area contributed by atoms with E-state index in [1.54, 1.807) is 0 Å². The van der Waals surface area contributed by atoms with Gasteiger partial charge in [-0.05, 0) is 43.7 Å². The molecule has 3 atom stereocenters. The molecule has 0 spiro atoms. The van der Waals surface area contributed by atoms with E-state index in [2.05, 4.69) is 28.9 Å². The molecular formula is C16H25N3. The molecule has 0 amide bonds. The van der Waals surface area contributed by atoms with Crippen molar-refractivity contribution in [1.82, 2.24) is 4.98 Å². The molecule has 2 heterocycles. The van der Waals surface area contributed by atoms with E-state index >= 15 is 0 Å². The lowest BCUT2D eigenvalue weighted by atomic mass is 9.85. The highest BCUT2D eigenvalue weighted by Gasteiger charge is 2.35. The second-order valence-corrected chi connectivity index (χ2v) is 6.05. The van der Waals surface area contributed by atoms with Crippen LogP contribution in [0.3, 0.4) is 0 Å². The molecular weight excluding hydrogens is 234 g/mol. The predicted molar refractivity (Wildman–Crippen MR) is 79.2 cm³/mol. The summed E-state index contributed by atoms with van der Waals surface area (Å²) < 4.78 is 0. The number of pyridine rings is 1. The van der Waals surface area contributed by atoms with Crippen molar-refractivity contribution < 1.29 is 0 Å². The maximum Gasteiger partial charge on any atom is 0.0572 e. The molecule has 2 fully saturated rings. The summed E-state index contributed by atoms with van der Waals surface area (Å²) in [5.74, 6) is 0.923. The van der Waals surface area contributed by atoms with Gasteiger partial charge in [-0.1, -0.05) is 19.8 Å². The van der Waals surface area contributed by atoms with Gasteiger partial charge in [0.1, 0.15) is 0 Å². The largest absolute Gasteiger partial charge is 0.367 e. The van der Waals surface area contributed by atoms with Crippen LogP contribution in [0.5, 0.6) is 0 Å². The second-order valence-electron chi connectivity index (χ2n) is 6.05. The SMILES string of the molecule is CC[C@@H](N)c1ccc(N2CCC3CCCCC32)cn1. The Labute approximate surface area is 116 Å². The summed E-state index contributed by atoms with van der Waals surface area (Å²) in [6, 6.07) is 5.17. The van der Waals surface area contributed by atoms with Crippen LogP contribution in [-0.2, 0) is 0 Å². The molecule has 3 heteroatoms. The minimum atomic E-state index is 0.0788. The van der Waals surface area contributed by atoms with E-state index in [9.17, 15) is 0 Å². The van der Waals surface area contributed by atoms with Gasteiger partial charge >= 0.3 is 0 Å². The molecule has 19 heavy (non-hydrogen) atoms. The summed E-state index contributed by atoms with van der Waals surface area (Å²) in [5.41, 5.74) is 8.34. The first-order chi connectivity index (χ1) is 9.29. The highest BCUT2D eigenvalue weighted by molar-refractivity contribution is 5.47. The van der Waals surface area contributed by atoms with Crippen molar-refractivity contribution in [2.24, 2.45) is 11.7 Å². The Balaban J connectivity index is 1.75. The third-order valence-electron chi connectivity index (χ3n) is 4.93. The van der Waals surface area contributed by atoms with Crippen molar-refractivity contribution >= 4 is 5.69 Å². The topological polar surface area (TPSA) is 42.1 Å². The Morgan fingerprint density at radius 1 is 1.32 bits per heavy atom.